The molecule has 0 saturated carbocycles. The highest BCUT2D eigenvalue weighted by atomic mass is 35.5. The summed E-state index contributed by atoms with van der Waals surface area (Å²) in [4.78, 5) is 27.4. The zero-order valence-electron chi connectivity index (χ0n) is 21.2. The molecule has 0 aliphatic rings. The first-order chi connectivity index (χ1) is 17.6. The molecule has 37 heavy (non-hydrogen) atoms. The van der Waals surface area contributed by atoms with Crippen LogP contribution in [0.15, 0.2) is 60.7 Å². The van der Waals surface area contributed by atoms with Gasteiger partial charge in [0.15, 0.2) is 0 Å². The van der Waals surface area contributed by atoms with Gasteiger partial charge in [-0.15, -0.1) is 0 Å². The summed E-state index contributed by atoms with van der Waals surface area (Å²) in [6, 6.07) is 15.4. The lowest BCUT2D eigenvalue weighted by Gasteiger charge is -2.24. The molecule has 3 N–H and O–H groups in total. The van der Waals surface area contributed by atoms with Crippen molar-refractivity contribution >= 4 is 52.3 Å². The van der Waals surface area contributed by atoms with Crippen LogP contribution in [-0.2, 0) is 0 Å². The maximum atomic E-state index is 13.5. The number of nitrogens with zero attached hydrogens (tertiary/aromatic N) is 1. The Morgan fingerprint density at radius 2 is 1.49 bits per heavy atom. The Balaban J connectivity index is 1.72. The van der Waals surface area contributed by atoms with Crippen LogP contribution in [0.3, 0.4) is 0 Å². The topological polar surface area (TPSA) is 73.5 Å². The minimum atomic E-state index is -0.473. The Morgan fingerprint density at radius 1 is 0.865 bits per heavy atom. The number of halogens is 3. The maximum Gasteiger partial charge on any atom is 0.326 e. The second-order valence-corrected chi connectivity index (χ2v) is 10.0. The van der Waals surface area contributed by atoms with Crippen LogP contribution >= 0.6 is 23.2 Å². The van der Waals surface area contributed by atoms with Gasteiger partial charge in [0, 0.05) is 30.2 Å². The molecule has 0 radical (unpaired) electrons. The molecule has 0 unspecified atom stereocenters. The standard InChI is InChI=1S/C28H31Cl2FN4O2/c1-17(2)22-6-5-7-23(18(3)4)26(22)34-27(36)32-14-15-35(21-11-8-19(31)9-12-21)28(37)33-20-10-13-24(29)25(30)16-20/h5-13,16-18H,14-15H2,1-4H3,(H,33,37)(H2,32,34,36). The average Bonchev–Trinajstić information content (AvgIpc) is 2.84. The van der Waals surface area contributed by atoms with Crippen LogP contribution in [0.5, 0.6) is 0 Å². The zero-order valence-corrected chi connectivity index (χ0v) is 22.8. The summed E-state index contributed by atoms with van der Waals surface area (Å²) >= 11 is 12.0. The van der Waals surface area contributed by atoms with Crippen LogP contribution in [0.25, 0.3) is 0 Å². The van der Waals surface area contributed by atoms with Gasteiger partial charge in [0.2, 0.25) is 0 Å². The van der Waals surface area contributed by atoms with E-state index in [1.807, 2.05) is 18.2 Å². The molecule has 0 aliphatic carbocycles. The number of amides is 4. The van der Waals surface area contributed by atoms with Gasteiger partial charge in [-0.25, -0.2) is 14.0 Å². The van der Waals surface area contributed by atoms with Gasteiger partial charge in [-0.2, -0.15) is 0 Å². The van der Waals surface area contributed by atoms with E-state index >= 15 is 0 Å². The van der Waals surface area contributed by atoms with Gasteiger partial charge in [-0.3, -0.25) is 4.90 Å². The molecule has 6 nitrogen and oxygen atoms in total. The summed E-state index contributed by atoms with van der Waals surface area (Å²) in [6.07, 6.45) is 0. The van der Waals surface area contributed by atoms with Crippen molar-refractivity contribution in [1.82, 2.24) is 5.32 Å². The minimum Gasteiger partial charge on any atom is -0.336 e. The van der Waals surface area contributed by atoms with Gasteiger partial charge in [-0.1, -0.05) is 69.1 Å². The number of para-hydroxylation sites is 1. The molecule has 9 heteroatoms. The number of carbonyl (C=O) groups is 2. The number of benzene rings is 3. The van der Waals surface area contributed by atoms with Crippen molar-refractivity contribution in [1.29, 1.82) is 0 Å². The predicted molar refractivity (Wildman–Crippen MR) is 151 cm³/mol. The Hall–Kier alpha value is -3.29. The van der Waals surface area contributed by atoms with E-state index in [0.717, 1.165) is 16.8 Å². The van der Waals surface area contributed by atoms with Gasteiger partial charge in [0.25, 0.3) is 0 Å². The molecule has 0 saturated heterocycles. The van der Waals surface area contributed by atoms with E-state index in [-0.39, 0.29) is 31.0 Å². The summed E-state index contributed by atoms with van der Waals surface area (Å²) < 4.78 is 13.5. The van der Waals surface area contributed by atoms with E-state index < -0.39 is 11.8 Å². The zero-order chi connectivity index (χ0) is 27.1. The second-order valence-electron chi connectivity index (χ2n) is 9.19. The average molecular weight is 545 g/mol. The number of anilines is 3. The third kappa shape index (κ3) is 7.60. The molecular formula is C28H31Cl2FN4O2. The van der Waals surface area contributed by atoms with Crippen LogP contribution in [0.1, 0.15) is 50.7 Å². The van der Waals surface area contributed by atoms with Crippen LogP contribution in [0.4, 0.5) is 31.0 Å². The first kappa shape index (κ1) is 28.3. The van der Waals surface area contributed by atoms with Crippen LogP contribution in [-0.4, -0.2) is 25.2 Å². The third-order valence-electron chi connectivity index (χ3n) is 5.79. The smallest absolute Gasteiger partial charge is 0.326 e. The quantitative estimate of drug-likeness (QED) is 0.267. The maximum absolute atomic E-state index is 13.5. The Labute approximate surface area is 227 Å². The number of nitrogens with one attached hydrogen (secondary N) is 3. The molecule has 0 aliphatic heterocycles. The summed E-state index contributed by atoms with van der Waals surface area (Å²) in [5.74, 6) is 0.0388. The molecule has 4 amide bonds. The number of urea groups is 2. The largest absolute Gasteiger partial charge is 0.336 e. The number of rotatable bonds is 8. The van der Waals surface area contributed by atoms with Gasteiger partial charge in [0.1, 0.15) is 5.82 Å². The van der Waals surface area contributed by atoms with Crippen LogP contribution in [0.2, 0.25) is 10.0 Å². The number of hydrogen-bond donors (Lipinski definition) is 3. The fraction of sp³-hybridized carbons (Fsp3) is 0.286. The monoisotopic (exact) mass is 544 g/mol. The fourth-order valence-electron chi connectivity index (χ4n) is 3.87. The summed E-state index contributed by atoms with van der Waals surface area (Å²) in [5, 5.41) is 9.25. The van der Waals surface area contributed by atoms with Crippen molar-refractivity contribution in [3.8, 4) is 0 Å². The Kier molecular flexibility index (Phi) is 9.78. The van der Waals surface area contributed by atoms with Crippen LogP contribution in [0, 0.1) is 5.82 Å². The van der Waals surface area contributed by atoms with Gasteiger partial charge < -0.3 is 16.0 Å². The fourth-order valence-corrected chi connectivity index (χ4v) is 4.17. The van der Waals surface area contributed by atoms with Crippen molar-refractivity contribution < 1.29 is 14.0 Å². The molecule has 0 aromatic heterocycles. The van der Waals surface area contributed by atoms with E-state index in [0.29, 0.717) is 21.4 Å². The van der Waals surface area contributed by atoms with E-state index in [1.54, 1.807) is 12.1 Å². The molecule has 0 heterocycles. The van der Waals surface area contributed by atoms with E-state index in [4.69, 9.17) is 23.2 Å². The lowest BCUT2D eigenvalue weighted by atomic mass is 9.93. The molecule has 0 fully saturated rings. The van der Waals surface area contributed by atoms with Gasteiger partial charge in [0.05, 0.1) is 10.0 Å². The predicted octanol–water partition coefficient (Wildman–Crippen LogP) is 8.24. The summed E-state index contributed by atoms with van der Waals surface area (Å²) in [5.41, 5.74) is 3.82. The molecular weight excluding hydrogens is 514 g/mol. The number of carbonyl (C=O) groups excluding carboxylic acids is 2. The highest BCUT2D eigenvalue weighted by Gasteiger charge is 2.19. The van der Waals surface area contributed by atoms with E-state index in [2.05, 4.69) is 43.6 Å². The molecule has 0 atom stereocenters. The first-order valence-electron chi connectivity index (χ1n) is 12.0. The third-order valence-corrected chi connectivity index (χ3v) is 6.53. The summed E-state index contributed by atoms with van der Waals surface area (Å²) in [7, 11) is 0. The van der Waals surface area contributed by atoms with Crippen molar-refractivity contribution in [3.05, 3.63) is 87.7 Å². The molecule has 3 aromatic rings. The normalized spacial score (nSPS) is 10.9. The highest BCUT2D eigenvalue weighted by Crippen LogP contribution is 2.32. The summed E-state index contributed by atoms with van der Waals surface area (Å²) in [6.45, 7) is 8.60. The molecule has 3 aromatic carbocycles. The molecule has 3 rings (SSSR count). The van der Waals surface area contributed by atoms with Crippen molar-refractivity contribution in [2.24, 2.45) is 0 Å². The van der Waals surface area contributed by atoms with Crippen molar-refractivity contribution in [3.63, 3.8) is 0 Å². The highest BCUT2D eigenvalue weighted by molar-refractivity contribution is 6.42. The van der Waals surface area contributed by atoms with E-state index in [1.165, 1.54) is 35.2 Å². The van der Waals surface area contributed by atoms with Crippen molar-refractivity contribution in [2.75, 3.05) is 28.6 Å². The minimum absolute atomic E-state index is 0.134. The lowest BCUT2D eigenvalue weighted by molar-refractivity contribution is 0.250. The molecule has 196 valence electrons. The molecule has 0 bridgehead atoms. The SMILES string of the molecule is CC(C)c1cccc(C(C)C)c1NC(=O)NCCN(C(=O)Nc1ccc(Cl)c(Cl)c1)c1ccc(F)cc1. The van der Waals surface area contributed by atoms with Crippen LogP contribution < -0.4 is 20.9 Å². The Bertz CT molecular complexity index is 1220. The lowest BCUT2D eigenvalue weighted by Crippen LogP contribution is -2.42. The van der Waals surface area contributed by atoms with Gasteiger partial charge in [-0.05, 0) is 65.4 Å². The Morgan fingerprint density at radius 3 is 2.05 bits per heavy atom. The van der Waals surface area contributed by atoms with E-state index in [9.17, 15) is 14.0 Å². The van der Waals surface area contributed by atoms with Crippen molar-refractivity contribution in [2.45, 2.75) is 39.5 Å². The second kappa shape index (κ2) is 12.8. The first-order valence-corrected chi connectivity index (χ1v) is 12.8. The van der Waals surface area contributed by atoms with Gasteiger partial charge >= 0.3 is 12.1 Å². The number of hydrogen-bond acceptors (Lipinski definition) is 2. The molecule has 0 spiro atoms.